The van der Waals surface area contributed by atoms with Gasteiger partial charge in [0.1, 0.15) is 0 Å². The minimum Gasteiger partial charge on any atom is -1.00 e. The van der Waals surface area contributed by atoms with Crippen LogP contribution in [0, 0.1) is 10.4 Å². The number of hydrogen-bond donors (Lipinski definition) is 0. The zero-order chi connectivity index (χ0) is 10.5. The van der Waals surface area contributed by atoms with Gasteiger partial charge in [-0.05, 0) is 15.7 Å². The van der Waals surface area contributed by atoms with Crippen LogP contribution in [0.2, 0.25) is 0 Å². The molecule has 0 amide bonds. The third-order valence-electron chi connectivity index (χ3n) is 3.20. The van der Waals surface area contributed by atoms with Crippen molar-refractivity contribution in [2.75, 3.05) is 0 Å². The minimum absolute atomic E-state index is 0. The molecule has 2 aromatic rings. The molecule has 0 unspecified atom stereocenters. The fourth-order valence-corrected chi connectivity index (χ4v) is 2.44. The first-order valence-corrected chi connectivity index (χ1v) is 5.34. The van der Waals surface area contributed by atoms with Crippen LogP contribution in [0.1, 0.15) is 5.56 Å². The van der Waals surface area contributed by atoms with Crippen molar-refractivity contribution in [3.63, 3.8) is 0 Å². The number of fused-ring (bicyclic) bond motifs is 4. The van der Waals surface area contributed by atoms with Gasteiger partial charge < -0.3 is 42.2 Å². The van der Waals surface area contributed by atoms with E-state index in [1.807, 2.05) is 6.08 Å². The molecule has 1 aliphatic heterocycles. The first-order chi connectivity index (χ1) is 7.93. The van der Waals surface area contributed by atoms with E-state index in [1.165, 1.54) is 26.4 Å². The van der Waals surface area contributed by atoms with Gasteiger partial charge in [-0.3, -0.25) is 0 Å². The van der Waals surface area contributed by atoms with Crippen LogP contribution >= 0.6 is 0 Å². The number of rotatable bonds is 0. The van der Waals surface area contributed by atoms with Gasteiger partial charge in [0.15, 0.2) is 0 Å². The summed E-state index contributed by atoms with van der Waals surface area (Å²) < 4.78 is 0. The molecule has 0 aromatic heterocycles. The molecule has 0 atom stereocenters. The monoisotopic (exact) mass is 397 g/mol. The molecule has 4 rings (SSSR count). The Morgan fingerprint density at radius 2 is 1.55 bits per heavy atom. The zero-order valence-electron chi connectivity index (χ0n) is 10.2. The second kappa shape index (κ2) is 7.57. The second-order valence-corrected chi connectivity index (χ2v) is 4.08. The smallest absolute Gasteiger partial charge is 1.00 e. The number of halogens is 3. The Balaban J connectivity index is 0.000000902. The Morgan fingerprint density at radius 3 is 2.35 bits per heavy atom. The predicted molar refractivity (Wildman–Crippen MR) is 64.9 cm³/mol. The first kappa shape index (κ1) is 19.6. The summed E-state index contributed by atoms with van der Waals surface area (Å²) in [6.07, 6.45) is 7.08. The maximum atomic E-state index is 4.32. The van der Waals surface area contributed by atoms with Crippen molar-refractivity contribution in [3.05, 3.63) is 62.8 Å². The Labute approximate surface area is 154 Å². The molecular formula is C15H8Cl3NZr. The van der Waals surface area contributed by atoms with Crippen LogP contribution in [0.3, 0.4) is 0 Å². The van der Waals surface area contributed by atoms with E-state index in [1.54, 1.807) is 0 Å². The molecule has 0 radical (unpaired) electrons. The van der Waals surface area contributed by atoms with Crippen LogP contribution in [0.4, 0.5) is 5.69 Å². The Kier molecular flexibility index (Phi) is 7.42. The molecule has 0 N–H and O–H groups in total. The van der Waals surface area contributed by atoms with Gasteiger partial charge in [-0.1, -0.05) is 53.9 Å². The van der Waals surface area contributed by atoms with Crippen molar-refractivity contribution in [1.29, 1.82) is 0 Å². The Hall–Kier alpha value is -0.397. The third-order valence-corrected chi connectivity index (χ3v) is 3.20. The van der Waals surface area contributed by atoms with Gasteiger partial charge in [0.25, 0.3) is 0 Å². The average molecular weight is 400 g/mol. The Bertz CT molecular complexity index is 860. The van der Waals surface area contributed by atoms with E-state index in [0.29, 0.717) is 0 Å². The molecule has 0 bridgehead atoms. The minimum atomic E-state index is 0. The predicted octanol–water partition coefficient (Wildman–Crippen LogP) is -7.50. The van der Waals surface area contributed by atoms with Gasteiger partial charge in [-0.15, -0.1) is 6.07 Å². The molecular weight excluding hydrogens is 392 g/mol. The van der Waals surface area contributed by atoms with Crippen molar-refractivity contribution < 1.29 is 63.4 Å². The molecule has 1 aliphatic carbocycles. The van der Waals surface area contributed by atoms with Crippen molar-refractivity contribution in [2.24, 2.45) is 4.99 Å². The molecule has 98 valence electrons. The fourth-order valence-electron chi connectivity index (χ4n) is 2.44. The molecule has 1 nitrogen and oxygen atoms in total. The third kappa shape index (κ3) is 2.80. The summed E-state index contributed by atoms with van der Waals surface area (Å²) in [4.78, 5) is 4.32. The summed E-state index contributed by atoms with van der Waals surface area (Å²) in [6.45, 7) is 0. The normalized spacial score (nSPS) is 11.0. The topological polar surface area (TPSA) is 12.4 Å². The quantitative estimate of drug-likeness (QED) is 0.333. The van der Waals surface area contributed by atoms with Crippen LogP contribution in [-0.4, -0.2) is 6.21 Å². The molecule has 5 heteroatoms. The van der Waals surface area contributed by atoms with Crippen LogP contribution in [0.25, 0.3) is 12.2 Å². The van der Waals surface area contributed by atoms with E-state index >= 15 is 0 Å². The van der Waals surface area contributed by atoms with Gasteiger partial charge in [0.2, 0.25) is 0 Å². The summed E-state index contributed by atoms with van der Waals surface area (Å²) in [7, 11) is 0. The van der Waals surface area contributed by atoms with Gasteiger partial charge >= 0.3 is 26.2 Å². The standard InChI is InChI=1S/C15H8N.3ClH.Zr/c1-2-4-12-11(3-1)9-14-13(12)6-5-10-7-8-16-15(10)14;;;;/h1-7,9H;3*1H;/q-1;;;;+4/p-3. The molecule has 2 aliphatic rings. The largest absolute Gasteiger partial charge is 4.00 e. The van der Waals surface area contributed by atoms with Gasteiger partial charge in [-0.25, -0.2) is 0 Å². The number of aliphatic imine (C=N–C) groups is 1. The van der Waals surface area contributed by atoms with E-state index in [4.69, 9.17) is 0 Å². The summed E-state index contributed by atoms with van der Waals surface area (Å²) >= 11 is 0. The van der Waals surface area contributed by atoms with Gasteiger partial charge in [0, 0.05) is 0 Å². The van der Waals surface area contributed by atoms with Crippen LogP contribution in [0.15, 0.2) is 41.4 Å². The van der Waals surface area contributed by atoms with Gasteiger partial charge in [-0.2, -0.15) is 11.3 Å². The van der Waals surface area contributed by atoms with Crippen molar-refractivity contribution >= 4 is 24.1 Å². The van der Waals surface area contributed by atoms with Crippen molar-refractivity contribution in [3.8, 4) is 0 Å². The fraction of sp³-hybridized carbons (Fsp3) is 0. The van der Waals surface area contributed by atoms with Crippen molar-refractivity contribution in [2.45, 2.75) is 0 Å². The van der Waals surface area contributed by atoms with E-state index < -0.39 is 0 Å². The maximum absolute atomic E-state index is 4.32. The summed E-state index contributed by atoms with van der Waals surface area (Å²) in [6, 6.07) is 12.8. The van der Waals surface area contributed by atoms with Crippen LogP contribution < -0.4 is 47.7 Å². The SMILES string of the molecule is [C-]1=Nc2c3c(ccc2=C1)=c1ccccc1=C3.[Cl-].[Cl-].[Cl-].[Zr+4]. The molecule has 0 fully saturated rings. The van der Waals surface area contributed by atoms with E-state index in [2.05, 4.69) is 53.7 Å². The molecule has 2 aromatic carbocycles. The number of benzene rings is 2. The molecule has 1 heterocycles. The van der Waals surface area contributed by atoms with Crippen LogP contribution in [-0.2, 0) is 26.2 Å². The van der Waals surface area contributed by atoms with Crippen molar-refractivity contribution in [1.82, 2.24) is 0 Å². The van der Waals surface area contributed by atoms with E-state index in [-0.39, 0.29) is 63.4 Å². The molecule has 0 saturated carbocycles. The summed E-state index contributed by atoms with van der Waals surface area (Å²) in [5.74, 6) is 0. The Morgan fingerprint density at radius 1 is 0.800 bits per heavy atom. The summed E-state index contributed by atoms with van der Waals surface area (Å²) in [5, 5.41) is 5.05. The number of hydrogen-bond acceptors (Lipinski definition) is 1. The van der Waals surface area contributed by atoms with Crippen LogP contribution in [0.5, 0.6) is 0 Å². The maximum Gasteiger partial charge on any atom is 4.00 e. The average Bonchev–Trinajstić information content (AvgIpc) is 2.92. The number of nitrogens with zero attached hydrogens (tertiary/aromatic N) is 1. The molecule has 0 spiro atoms. The molecule has 20 heavy (non-hydrogen) atoms. The summed E-state index contributed by atoms with van der Waals surface area (Å²) in [5.41, 5.74) is 2.30. The second-order valence-electron chi connectivity index (χ2n) is 4.08. The van der Waals surface area contributed by atoms with E-state index in [0.717, 1.165) is 5.69 Å². The first-order valence-electron chi connectivity index (χ1n) is 5.34. The van der Waals surface area contributed by atoms with Gasteiger partial charge in [0.05, 0.1) is 0 Å². The van der Waals surface area contributed by atoms with E-state index in [9.17, 15) is 0 Å². The molecule has 0 saturated heterocycles. The zero-order valence-corrected chi connectivity index (χ0v) is 14.9.